The number of rotatable bonds is 39. The van der Waals surface area contributed by atoms with Gasteiger partial charge in [-0.15, -0.1) is 0 Å². The van der Waals surface area contributed by atoms with E-state index in [-0.39, 0.29) is 17.3 Å². The van der Waals surface area contributed by atoms with E-state index in [1.165, 1.54) is 18.2 Å². The van der Waals surface area contributed by atoms with E-state index in [9.17, 15) is 14.4 Å². The van der Waals surface area contributed by atoms with Crippen LogP contribution in [0, 0.1) is 0 Å². The molecule has 4 aromatic carbocycles. The number of benzene rings is 4. The quantitative estimate of drug-likeness (QED) is 0.0246. The first-order valence-corrected chi connectivity index (χ1v) is 25.1. The van der Waals surface area contributed by atoms with Crippen LogP contribution in [0.1, 0.15) is 156 Å². The van der Waals surface area contributed by atoms with E-state index in [1.54, 1.807) is 0 Å². The lowest BCUT2D eigenvalue weighted by molar-refractivity contribution is -0.115. The fraction of sp³-hybridized carbons (Fsp3) is 0.526. The van der Waals surface area contributed by atoms with Gasteiger partial charge in [-0.1, -0.05) is 123 Å². The summed E-state index contributed by atoms with van der Waals surface area (Å²) in [6.07, 6.45) is 21.5. The van der Waals surface area contributed by atoms with E-state index in [0.717, 1.165) is 109 Å². The maximum atomic E-state index is 12.3. The van der Waals surface area contributed by atoms with Gasteiger partial charge in [-0.25, -0.2) is 0 Å². The summed E-state index contributed by atoms with van der Waals surface area (Å²) in [4.78, 5) is 36.5. The Kier molecular flexibility index (Phi) is 24.9. The third-order valence-electron chi connectivity index (χ3n) is 11.8. The lowest BCUT2D eigenvalue weighted by Crippen LogP contribution is -2.10. The van der Waals surface area contributed by atoms with Crippen LogP contribution >= 0.6 is 0 Å². The summed E-state index contributed by atoms with van der Waals surface area (Å²) < 4.78 is 41.4. The molecule has 0 aliphatic rings. The molecule has 9 nitrogen and oxygen atoms in total. The molecule has 0 aromatic heterocycles. The van der Waals surface area contributed by atoms with Gasteiger partial charge in [0.25, 0.3) is 0 Å². The highest BCUT2D eigenvalue weighted by Crippen LogP contribution is 2.58. The molecule has 0 saturated heterocycles. The largest absolute Gasteiger partial charge is 0.490 e. The van der Waals surface area contributed by atoms with E-state index < -0.39 is 0 Å². The molecule has 0 saturated carbocycles. The molecule has 0 heterocycles. The molecule has 4 aromatic rings. The van der Waals surface area contributed by atoms with Gasteiger partial charge in [0.2, 0.25) is 11.5 Å². The van der Waals surface area contributed by atoms with Gasteiger partial charge in [0.05, 0.1) is 39.6 Å². The second kappa shape index (κ2) is 30.8. The van der Waals surface area contributed by atoms with Crippen LogP contribution in [0.3, 0.4) is 0 Å². The van der Waals surface area contributed by atoms with Crippen molar-refractivity contribution in [2.24, 2.45) is 0 Å². The zero-order chi connectivity index (χ0) is 47.4. The van der Waals surface area contributed by atoms with Gasteiger partial charge in [-0.3, -0.25) is 14.4 Å². The van der Waals surface area contributed by atoms with Crippen LogP contribution in [0.5, 0.6) is 34.5 Å². The molecule has 0 amide bonds. The number of hydrogen-bond acceptors (Lipinski definition) is 9. The SMILES string of the molecule is C=CC(=O)CCCCOc1ccc2c3ccccc3c3c(OCCCCCC)c(OCCCCCC)c(OCCCCCC)c(OCCCCC(=O)C=C)c3c2c1OCCCCC(=O)C=C. The highest BCUT2D eigenvalue weighted by Gasteiger charge is 2.31. The molecular weight excluding hydrogens is 829 g/mol. The average Bonchev–Trinajstić information content (AvgIpc) is 3.33. The van der Waals surface area contributed by atoms with Crippen molar-refractivity contribution in [3.63, 3.8) is 0 Å². The van der Waals surface area contributed by atoms with Gasteiger partial charge >= 0.3 is 0 Å². The summed E-state index contributed by atoms with van der Waals surface area (Å²) in [5.74, 6) is 3.33. The molecule has 9 heteroatoms. The number of ether oxygens (including phenoxy) is 6. The summed E-state index contributed by atoms with van der Waals surface area (Å²) in [6.45, 7) is 20.0. The zero-order valence-electron chi connectivity index (χ0n) is 40.6. The monoisotopic (exact) mass is 907 g/mol. The lowest BCUT2D eigenvalue weighted by Gasteiger charge is -2.26. The van der Waals surface area contributed by atoms with Crippen molar-refractivity contribution in [3.8, 4) is 34.5 Å². The van der Waals surface area contributed by atoms with Crippen molar-refractivity contribution in [2.75, 3.05) is 39.6 Å². The fourth-order valence-corrected chi connectivity index (χ4v) is 8.07. The van der Waals surface area contributed by atoms with Gasteiger partial charge in [0, 0.05) is 35.4 Å². The number of unbranched alkanes of at least 4 members (excludes halogenated alkanes) is 12. The lowest BCUT2D eigenvalue weighted by atomic mass is 9.91. The summed E-state index contributed by atoms with van der Waals surface area (Å²) in [7, 11) is 0. The molecule has 0 spiro atoms. The number of carbonyl (C=O) groups excluding carboxylic acids is 3. The van der Waals surface area contributed by atoms with Crippen molar-refractivity contribution in [3.05, 3.63) is 74.4 Å². The van der Waals surface area contributed by atoms with Crippen molar-refractivity contribution < 1.29 is 42.8 Å². The maximum absolute atomic E-state index is 12.3. The van der Waals surface area contributed by atoms with E-state index >= 15 is 0 Å². The zero-order valence-corrected chi connectivity index (χ0v) is 40.6. The molecule has 4 rings (SSSR count). The third-order valence-corrected chi connectivity index (χ3v) is 11.8. The van der Waals surface area contributed by atoms with Crippen LogP contribution < -0.4 is 28.4 Å². The first-order chi connectivity index (χ1) is 32.3. The van der Waals surface area contributed by atoms with Crippen LogP contribution in [0.2, 0.25) is 0 Å². The Morgan fingerprint density at radius 1 is 0.379 bits per heavy atom. The van der Waals surface area contributed by atoms with Crippen molar-refractivity contribution in [1.29, 1.82) is 0 Å². The third kappa shape index (κ3) is 16.2. The predicted octanol–water partition coefficient (Wildman–Crippen LogP) is 14.9. The Balaban J connectivity index is 2.10. The number of allylic oxidation sites excluding steroid dienone is 3. The molecule has 0 fully saturated rings. The smallest absolute Gasteiger partial charge is 0.208 e. The number of ketones is 3. The number of carbonyl (C=O) groups is 3. The Morgan fingerprint density at radius 2 is 0.727 bits per heavy atom. The standard InChI is InChI=1S/C57H78O9/c1-7-13-16-24-38-63-54-51-47-34-20-19-33-46(47)48-35-36-49(61-37-27-21-30-43(58)10-4)53(62-41-28-22-31-44(59)11-5)50(48)52(51)55(64-42-29-23-32-45(60)12-6)57(66-40-26-18-15-9-3)56(54)65-39-25-17-14-8-2/h10-12,19-20,33-36H,4-9,13-18,21-32,37-42H2,1-3H3. The van der Waals surface area contributed by atoms with Crippen LogP contribution in [-0.2, 0) is 14.4 Å². The highest BCUT2D eigenvalue weighted by molar-refractivity contribution is 6.31. The van der Waals surface area contributed by atoms with Gasteiger partial charge in [-0.05, 0) is 104 Å². The minimum Gasteiger partial charge on any atom is -0.490 e. The first-order valence-electron chi connectivity index (χ1n) is 25.1. The molecule has 360 valence electrons. The van der Waals surface area contributed by atoms with Crippen molar-refractivity contribution in [2.45, 2.75) is 156 Å². The topological polar surface area (TPSA) is 107 Å². The Labute approximate surface area is 395 Å². The van der Waals surface area contributed by atoms with Crippen LogP contribution in [-0.4, -0.2) is 57.0 Å². The second-order valence-electron chi connectivity index (χ2n) is 17.1. The molecule has 0 bridgehead atoms. The fourth-order valence-electron chi connectivity index (χ4n) is 8.07. The van der Waals surface area contributed by atoms with E-state index in [1.807, 2.05) is 12.1 Å². The minimum atomic E-state index is 0.0000608. The van der Waals surface area contributed by atoms with Gasteiger partial charge in [-0.2, -0.15) is 0 Å². The molecule has 0 aliphatic carbocycles. The number of fused-ring (bicyclic) bond motifs is 6. The normalized spacial score (nSPS) is 11.1. The van der Waals surface area contributed by atoms with Crippen LogP contribution in [0.25, 0.3) is 32.3 Å². The van der Waals surface area contributed by atoms with Gasteiger partial charge in [0.1, 0.15) is 0 Å². The molecule has 66 heavy (non-hydrogen) atoms. The Bertz CT molecular complexity index is 2170. The van der Waals surface area contributed by atoms with Gasteiger partial charge in [0.15, 0.2) is 40.3 Å². The molecular formula is C57H78O9. The predicted molar refractivity (Wildman–Crippen MR) is 272 cm³/mol. The van der Waals surface area contributed by atoms with E-state index in [2.05, 4.69) is 64.8 Å². The van der Waals surface area contributed by atoms with Crippen LogP contribution in [0.15, 0.2) is 74.4 Å². The van der Waals surface area contributed by atoms with E-state index in [0.29, 0.717) is 132 Å². The second-order valence-corrected chi connectivity index (χ2v) is 17.1. The van der Waals surface area contributed by atoms with Gasteiger partial charge < -0.3 is 28.4 Å². The molecule has 0 aliphatic heterocycles. The van der Waals surface area contributed by atoms with Crippen LogP contribution in [0.4, 0.5) is 0 Å². The van der Waals surface area contributed by atoms with E-state index in [4.69, 9.17) is 28.4 Å². The minimum absolute atomic E-state index is 0.0000608. The summed E-state index contributed by atoms with van der Waals surface area (Å²) in [5.41, 5.74) is 0. The summed E-state index contributed by atoms with van der Waals surface area (Å²) in [6, 6.07) is 12.4. The summed E-state index contributed by atoms with van der Waals surface area (Å²) in [5, 5.41) is 5.33. The summed E-state index contributed by atoms with van der Waals surface area (Å²) >= 11 is 0. The number of hydrogen-bond donors (Lipinski definition) is 0. The van der Waals surface area contributed by atoms with Crippen molar-refractivity contribution >= 4 is 49.7 Å². The average molecular weight is 907 g/mol. The Morgan fingerprint density at radius 3 is 1.17 bits per heavy atom. The van der Waals surface area contributed by atoms with Crippen molar-refractivity contribution in [1.82, 2.24) is 0 Å². The Hall–Kier alpha value is -5.31. The highest BCUT2D eigenvalue weighted by atomic mass is 16.6. The molecule has 0 N–H and O–H groups in total. The first kappa shape index (κ1) is 53.3. The molecule has 0 atom stereocenters. The maximum Gasteiger partial charge on any atom is 0.208 e. The molecule has 0 radical (unpaired) electrons. The molecule has 0 unspecified atom stereocenters.